The largest absolute Gasteiger partial charge is 0.467 e. The van der Waals surface area contributed by atoms with Crippen molar-refractivity contribution in [2.24, 2.45) is 0 Å². The fourth-order valence-corrected chi connectivity index (χ4v) is 3.01. The van der Waals surface area contributed by atoms with Crippen LogP contribution in [0, 0.1) is 10.1 Å². The second kappa shape index (κ2) is 6.13. The molecule has 0 aliphatic carbocycles. The van der Waals surface area contributed by atoms with E-state index >= 15 is 0 Å². The van der Waals surface area contributed by atoms with Gasteiger partial charge >= 0.3 is 5.97 Å². The Kier molecular flexibility index (Phi) is 4.46. The van der Waals surface area contributed by atoms with Crippen LogP contribution in [0.4, 0.5) is 5.69 Å². The van der Waals surface area contributed by atoms with Crippen molar-refractivity contribution in [1.29, 1.82) is 0 Å². The number of methoxy groups -OCH3 is 1. The number of esters is 1. The molecule has 1 unspecified atom stereocenters. The number of fused-ring (bicyclic) bond motifs is 1. The normalized spacial score (nSPS) is 15.9. The van der Waals surface area contributed by atoms with E-state index in [2.05, 4.69) is 4.74 Å². The van der Waals surface area contributed by atoms with Gasteiger partial charge in [-0.2, -0.15) is 0 Å². The van der Waals surface area contributed by atoms with Gasteiger partial charge in [0.15, 0.2) is 0 Å². The standard InChI is InChI=1S/C13H14N2O5S/c1-8(13(17)20-2)14-6-9-5-10(15(18)19)3-4-11(9)21-7-12(14)16/h3-5,8H,6-7H2,1-2H3. The first-order chi connectivity index (χ1) is 9.93. The summed E-state index contributed by atoms with van der Waals surface area (Å²) in [6, 6.07) is 3.76. The molecule has 1 amide bonds. The van der Waals surface area contributed by atoms with Crippen LogP contribution < -0.4 is 0 Å². The molecule has 0 spiro atoms. The van der Waals surface area contributed by atoms with Crippen molar-refractivity contribution in [3.8, 4) is 0 Å². The maximum atomic E-state index is 12.1. The molecule has 1 atom stereocenters. The van der Waals surface area contributed by atoms with Gasteiger partial charge < -0.3 is 9.64 Å². The number of non-ortho nitro benzene ring substituents is 1. The third kappa shape index (κ3) is 3.15. The molecule has 0 saturated heterocycles. The highest BCUT2D eigenvalue weighted by Gasteiger charge is 2.30. The Morgan fingerprint density at radius 2 is 2.24 bits per heavy atom. The molecule has 7 nitrogen and oxygen atoms in total. The molecule has 1 aromatic rings. The Hall–Kier alpha value is -2.09. The van der Waals surface area contributed by atoms with Crippen molar-refractivity contribution >= 4 is 29.3 Å². The maximum absolute atomic E-state index is 12.1. The van der Waals surface area contributed by atoms with Gasteiger partial charge in [0.25, 0.3) is 5.69 Å². The van der Waals surface area contributed by atoms with Gasteiger partial charge in [0.2, 0.25) is 5.91 Å². The van der Waals surface area contributed by atoms with Crippen molar-refractivity contribution in [2.75, 3.05) is 12.9 Å². The first kappa shape index (κ1) is 15.3. The molecule has 0 fully saturated rings. The fraction of sp³-hybridized carbons (Fsp3) is 0.385. The Morgan fingerprint density at radius 1 is 1.52 bits per heavy atom. The summed E-state index contributed by atoms with van der Waals surface area (Å²) in [7, 11) is 1.26. The number of ether oxygens (including phenoxy) is 1. The fourth-order valence-electron chi connectivity index (χ4n) is 2.09. The van der Waals surface area contributed by atoms with Gasteiger partial charge in [-0.3, -0.25) is 14.9 Å². The minimum absolute atomic E-state index is 0.0330. The van der Waals surface area contributed by atoms with Crippen molar-refractivity contribution in [3.05, 3.63) is 33.9 Å². The topological polar surface area (TPSA) is 89.8 Å². The van der Waals surface area contributed by atoms with Gasteiger partial charge in [-0.05, 0) is 18.6 Å². The van der Waals surface area contributed by atoms with E-state index in [0.717, 1.165) is 4.90 Å². The number of nitrogens with zero attached hydrogens (tertiary/aromatic N) is 2. The lowest BCUT2D eigenvalue weighted by atomic mass is 10.1. The van der Waals surface area contributed by atoms with Crippen molar-refractivity contribution in [3.63, 3.8) is 0 Å². The minimum Gasteiger partial charge on any atom is -0.467 e. The van der Waals surface area contributed by atoms with E-state index in [1.54, 1.807) is 13.0 Å². The van der Waals surface area contributed by atoms with Gasteiger partial charge in [-0.25, -0.2) is 4.79 Å². The lowest BCUT2D eigenvalue weighted by Crippen LogP contribution is -2.43. The summed E-state index contributed by atoms with van der Waals surface area (Å²) >= 11 is 1.31. The molecule has 8 heteroatoms. The molecule has 1 heterocycles. The van der Waals surface area contributed by atoms with Crippen LogP contribution >= 0.6 is 11.8 Å². The number of carbonyl (C=O) groups excluding carboxylic acids is 2. The van der Waals surface area contributed by atoms with E-state index in [4.69, 9.17) is 0 Å². The van der Waals surface area contributed by atoms with E-state index in [1.807, 2.05) is 0 Å². The van der Waals surface area contributed by atoms with Crippen molar-refractivity contribution in [1.82, 2.24) is 4.90 Å². The summed E-state index contributed by atoms with van der Waals surface area (Å²) in [6.07, 6.45) is 0. The third-order valence-electron chi connectivity index (χ3n) is 3.28. The highest BCUT2D eigenvalue weighted by Crippen LogP contribution is 2.31. The average Bonchev–Trinajstić information content (AvgIpc) is 2.64. The van der Waals surface area contributed by atoms with Crippen LogP contribution in [0.2, 0.25) is 0 Å². The molecule has 21 heavy (non-hydrogen) atoms. The number of thioether (sulfide) groups is 1. The van der Waals surface area contributed by atoms with Crippen LogP contribution in [0.5, 0.6) is 0 Å². The van der Waals surface area contributed by atoms with E-state index in [1.165, 1.54) is 35.9 Å². The van der Waals surface area contributed by atoms with Crippen LogP contribution in [0.1, 0.15) is 12.5 Å². The molecule has 1 aromatic carbocycles. The number of rotatable bonds is 3. The highest BCUT2D eigenvalue weighted by atomic mass is 32.2. The monoisotopic (exact) mass is 310 g/mol. The number of hydrogen-bond acceptors (Lipinski definition) is 6. The number of nitro groups is 1. The molecule has 0 radical (unpaired) electrons. The summed E-state index contributed by atoms with van der Waals surface area (Å²) in [5, 5.41) is 10.9. The van der Waals surface area contributed by atoms with Gasteiger partial charge in [0.1, 0.15) is 6.04 Å². The lowest BCUT2D eigenvalue weighted by Gasteiger charge is -2.25. The predicted octanol–water partition coefficient (Wildman–Crippen LogP) is 1.59. The zero-order chi connectivity index (χ0) is 15.6. The molecule has 2 rings (SSSR count). The third-order valence-corrected chi connectivity index (χ3v) is 4.38. The number of benzene rings is 1. The summed E-state index contributed by atoms with van der Waals surface area (Å²) in [5.41, 5.74) is 0.630. The van der Waals surface area contributed by atoms with Gasteiger partial charge in [-0.1, -0.05) is 0 Å². The molecule has 1 aliphatic heterocycles. The first-order valence-corrected chi connectivity index (χ1v) is 7.20. The van der Waals surface area contributed by atoms with Crippen LogP contribution in [0.25, 0.3) is 0 Å². The molecule has 0 aromatic heterocycles. The smallest absolute Gasteiger partial charge is 0.328 e. The Morgan fingerprint density at radius 3 is 2.86 bits per heavy atom. The Balaban J connectivity index is 2.35. The molecule has 112 valence electrons. The maximum Gasteiger partial charge on any atom is 0.328 e. The number of nitro benzene ring substituents is 1. The second-order valence-electron chi connectivity index (χ2n) is 4.56. The average molecular weight is 310 g/mol. The number of hydrogen-bond donors (Lipinski definition) is 0. The Bertz CT molecular complexity index is 604. The molecule has 0 bridgehead atoms. The molecule has 0 saturated carbocycles. The van der Waals surface area contributed by atoms with Crippen LogP contribution in [-0.4, -0.2) is 40.6 Å². The summed E-state index contributed by atoms with van der Waals surface area (Å²) in [6.45, 7) is 1.73. The first-order valence-electron chi connectivity index (χ1n) is 6.21. The van der Waals surface area contributed by atoms with E-state index in [-0.39, 0.29) is 23.9 Å². The molecular formula is C13H14N2O5S. The van der Waals surface area contributed by atoms with Crippen molar-refractivity contribution < 1.29 is 19.2 Å². The second-order valence-corrected chi connectivity index (χ2v) is 5.58. The van der Waals surface area contributed by atoms with E-state index in [9.17, 15) is 19.7 Å². The summed E-state index contributed by atoms with van der Waals surface area (Å²) < 4.78 is 4.66. The van der Waals surface area contributed by atoms with Gasteiger partial charge in [0, 0.05) is 23.6 Å². The summed E-state index contributed by atoms with van der Waals surface area (Å²) in [5.74, 6) is -0.523. The van der Waals surface area contributed by atoms with E-state index < -0.39 is 16.9 Å². The van der Waals surface area contributed by atoms with Gasteiger partial charge in [-0.15, -0.1) is 11.8 Å². The molecular weight excluding hydrogens is 296 g/mol. The van der Waals surface area contributed by atoms with Crippen molar-refractivity contribution in [2.45, 2.75) is 24.4 Å². The zero-order valence-electron chi connectivity index (χ0n) is 11.6. The zero-order valence-corrected chi connectivity index (χ0v) is 12.4. The minimum atomic E-state index is -0.728. The predicted molar refractivity (Wildman–Crippen MR) is 75.8 cm³/mol. The number of carbonyl (C=O) groups is 2. The SMILES string of the molecule is COC(=O)C(C)N1Cc2cc([N+](=O)[O-])ccc2SCC1=O. The lowest BCUT2D eigenvalue weighted by molar-refractivity contribution is -0.385. The van der Waals surface area contributed by atoms with Gasteiger partial charge in [0.05, 0.1) is 17.8 Å². The highest BCUT2D eigenvalue weighted by molar-refractivity contribution is 8.00. The van der Waals surface area contributed by atoms with E-state index in [0.29, 0.717) is 5.56 Å². The van der Waals surface area contributed by atoms with Crippen LogP contribution in [0.3, 0.4) is 0 Å². The molecule has 0 N–H and O–H groups in total. The quantitative estimate of drug-likeness (QED) is 0.478. The molecule has 1 aliphatic rings. The number of amides is 1. The summed E-state index contributed by atoms with van der Waals surface area (Å²) in [4.78, 5) is 36.3. The van der Waals surface area contributed by atoms with Crippen LogP contribution in [0.15, 0.2) is 23.1 Å². The Labute approximate surface area is 125 Å². The van der Waals surface area contributed by atoms with Crippen LogP contribution in [-0.2, 0) is 20.9 Å².